The molecule has 1 aromatic rings. The number of hydrogen-bond acceptors (Lipinski definition) is 2. The van der Waals surface area contributed by atoms with Crippen molar-refractivity contribution in [1.82, 2.24) is 5.32 Å². The van der Waals surface area contributed by atoms with Gasteiger partial charge in [0.05, 0.1) is 6.61 Å². The first-order valence-corrected chi connectivity index (χ1v) is 6.28. The van der Waals surface area contributed by atoms with E-state index in [2.05, 4.69) is 49.5 Å². The maximum absolute atomic E-state index is 5.22. The molecule has 0 saturated heterocycles. The quantitative estimate of drug-likeness (QED) is 0.780. The summed E-state index contributed by atoms with van der Waals surface area (Å²) in [7, 11) is 1.74. The molecule has 1 N–H and O–H groups in total. The fourth-order valence-electron chi connectivity index (χ4n) is 1.75. The topological polar surface area (TPSA) is 21.3 Å². The molecular weight excluding hydrogens is 210 g/mol. The normalized spacial score (nSPS) is 11.8. The predicted octanol–water partition coefficient (Wildman–Crippen LogP) is 3.24. The van der Waals surface area contributed by atoms with Gasteiger partial charge in [-0.05, 0) is 24.1 Å². The highest BCUT2D eigenvalue weighted by Crippen LogP contribution is 2.15. The van der Waals surface area contributed by atoms with Crippen LogP contribution < -0.4 is 5.32 Å². The van der Waals surface area contributed by atoms with Gasteiger partial charge in [-0.15, -0.1) is 0 Å². The number of likely N-dealkylation sites (N-methyl/N-ethyl adjacent to an activating group) is 1. The Morgan fingerprint density at radius 2 is 2.06 bits per heavy atom. The van der Waals surface area contributed by atoms with Gasteiger partial charge in [0.15, 0.2) is 0 Å². The lowest BCUT2D eigenvalue weighted by atomic mass is 10.0. The molecule has 0 radical (unpaired) electrons. The van der Waals surface area contributed by atoms with Gasteiger partial charge in [0.2, 0.25) is 0 Å². The standard InChI is InChI=1S/C15H23NO/c1-4-13(11-16-5-2)10-14-8-6-7-9-15(14)12-17-3/h6-10,16H,4-5,11-12H2,1-3H3. The van der Waals surface area contributed by atoms with E-state index in [-0.39, 0.29) is 0 Å². The summed E-state index contributed by atoms with van der Waals surface area (Å²) < 4.78 is 5.22. The third-order valence-electron chi connectivity index (χ3n) is 2.77. The van der Waals surface area contributed by atoms with Gasteiger partial charge in [-0.25, -0.2) is 0 Å². The van der Waals surface area contributed by atoms with Crippen LogP contribution in [0.5, 0.6) is 0 Å². The minimum atomic E-state index is 0.672. The lowest BCUT2D eigenvalue weighted by molar-refractivity contribution is 0.184. The Bertz CT molecular complexity index is 358. The molecule has 0 aliphatic heterocycles. The number of methoxy groups -OCH3 is 1. The van der Waals surface area contributed by atoms with Crippen LogP contribution in [0.1, 0.15) is 31.4 Å². The Labute approximate surface area is 105 Å². The highest BCUT2D eigenvalue weighted by molar-refractivity contribution is 5.56. The van der Waals surface area contributed by atoms with E-state index in [0.717, 1.165) is 19.5 Å². The molecule has 1 rings (SSSR count). The third kappa shape index (κ3) is 4.72. The molecule has 0 aliphatic carbocycles. The van der Waals surface area contributed by atoms with Crippen molar-refractivity contribution < 1.29 is 4.74 Å². The zero-order valence-electron chi connectivity index (χ0n) is 11.1. The maximum Gasteiger partial charge on any atom is 0.0718 e. The molecule has 0 aliphatic rings. The molecule has 0 aromatic heterocycles. The van der Waals surface area contributed by atoms with Crippen LogP contribution in [0.2, 0.25) is 0 Å². The Morgan fingerprint density at radius 1 is 1.29 bits per heavy atom. The number of rotatable bonds is 7. The molecule has 2 heteroatoms. The second kappa shape index (κ2) is 8.04. The summed E-state index contributed by atoms with van der Waals surface area (Å²) >= 11 is 0. The van der Waals surface area contributed by atoms with Gasteiger partial charge in [0.1, 0.15) is 0 Å². The zero-order valence-corrected chi connectivity index (χ0v) is 11.1. The first kappa shape index (κ1) is 13.9. The highest BCUT2D eigenvalue weighted by atomic mass is 16.5. The van der Waals surface area contributed by atoms with Crippen LogP contribution in [0.3, 0.4) is 0 Å². The summed E-state index contributed by atoms with van der Waals surface area (Å²) in [6.07, 6.45) is 3.35. The van der Waals surface area contributed by atoms with Crippen molar-refractivity contribution in [2.24, 2.45) is 0 Å². The molecular formula is C15H23NO. The van der Waals surface area contributed by atoms with Gasteiger partial charge < -0.3 is 10.1 Å². The zero-order chi connectivity index (χ0) is 12.5. The molecule has 0 bridgehead atoms. The fourth-order valence-corrected chi connectivity index (χ4v) is 1.75. The lowest BCUT2D eigenvalue weighted by Gasteiger charge is -2.09. The second-order valence-electron chi connectivity index (χ2n) is 4.07. The summed E-state index contributed by atoms with van der Waals surface area (Å²) in [4.78, 5) is 0. The molecule has 1 aromatic carbocycles. The molecule has 0 atom stereocenters. The monoisotopic (exact) mass is 233 g/mol. The fraction of sp³-hybridized carbons (Fsp3) is 0.467. The van der Waals surface area contributed by atoms with E-state index < -0.39 is 0 Å². The minimum Gasteiger partial charge on any atom is -0.380 e. The van der Waals surface area contributed by atoms with E-state index in [4.69, 9.17) is 4.74 Å². The summed E-state index contributed by atoms with van der Waals surface area (Å²) in [5, 5.41) is 3.37. The van der Waals surface area contributed by atoms with Crippen molar-refractivity contribution in [3.63, 3.8) is 0 Å². The average Bonchev–Trinajstić information content (AvgIpc) is 2.36. The van der Waals surface area contributed by atoms with Crippen LogP contribution in [-0.4, -0.2) is 20.2 Å². The van der Waals surface area contributed by atoms with Crippen molar-refractivity contribution in [1.29, 1.82) is 0 Å². The number of nitrogens with one attached hydrogen (secondary N) is 1. The van der Waals surface area contributed by atoms with Crippen LogP contribution in [0.25, 0.3) is 6.08 Å². The molecule has 0 unspecified atom stereocenters. The van der Waals surface area contributed by atoms with E-state index in [1.165, 1.54) is 16.7 Å². The smallest absolute Gasteiger partial charge is 0.0718 e. The predicted molar refractivity (Wildman–Crippen MR) is 74.0 cm³/mol. The molecule has 0 saturated carbocycles. The summed E-state index contributed by atoms with van der Waals surface area (Å²) in [5.41, 5.74) is 3.94. The summed E-state index contributed by atoms with van der Waals surface area (Å²) in [6, 6.07) is 8.40. The Kier molecular flexibility index (Phi) is 6.60. The van der Waals surface area contributed by atoms with Crippen LogP contribution in [-0.2, 0) is 11.3 Å². The first-order chi connectivity index (χ1) is 8.31. The molecule has 2 nitrogen and oxygen atoms in total. The van der Waals surface area contributed by atoms with E-state index in [9.17, 15) is 0 Å². The van der Waals surface area contributed by atoms with E-state index in [0.29, 0.717) is 6.61 Å². The van der Waals surface area contributed by atoms with Crippen molar-refractivity contribution in [3.05, 3.63) is 41.0 Å². The number of hydrogen-bond donors (Lipinski definition) is 1. The van der Waals surface area contributed by atoms with Gasteiger partial charge >= 0.3 is 0 Å². The average molecular weight is 233 g/mol. The van der Waals surface area contributed by atoms with Gasteiger partial charge in [0, 0.05) is 13.7 Å². The SMILES string of the molecule is CCNCC(=Cc1ccccc1COC)CC. The van der Waals surface area contributed by atoms with E-state index in [1.807, 2.05) is 0 Å². The summed E-state index contributed by atoms with van der Waals surface area (Å²) in [6.45, 7) is 6.98. The Hall–Kier alpha value is -1.12. The third-order valence-corrected chi connectivity index (χ3v) is 2.77. The Morgan fingerprint density at radius 3 is 2.71 bits per heavy atom. The molecule has 0 fully saturated rings. The maximum atomic E-state index is 5.22. The van der Waals surface area contributed by atoms with Crippen LogP contribution in [0.4, 0.5) is 0 Å². The van der Waals surface area contributed by atoms with Gasteiger partial charge in [-0.1, -0.05) is 49.8 Å². The summed E-state index contributed by atoms with van der Waals surface area (Å²) in [5.74, 6) is 0. The molecule has 0 heterocycles. The Balaban J connectivity index is 2.85. The molecule has 0 spiro atoms. The second-order valence-corrected chi connectivity index (χ2v) is 4.07. The van der Waals surface area contributed by atoms with Crippen molar-refractivity contribution in [2.45, 2.75) is 26.9 Å². The molecule has 94 valence electrons. The van der Waals surface area contributed by atoms with Crippen LogP contribution in [0.15, 0.2) is 29.8 Å². The van der Waals surface area contributed by atoms with Crippen molar-refractivity contribution >= 4 is 6.08 Å². The largest absolute Gasteiger partial charge is 0.380 e. The number of benzene rings is 1. The molecule has 17 heavy (non-hydrogen) atoms. The van der Waals surface area contributed by atoms with Gasteiger partial charge in [-0.2, -0.15) is 0 Å². The van der Waals surface area contributed by atoms with E-state index in [1.54, 1.807) is 7.11 Å². The molecule has 0 amide bonds. The lowest BCUT2D eigenvalue weighted by Crippen LogP contribution is -2.15. The van der Waals surface area contributed by atoms with Crippen LogP contribution in [0, 0.1) is 0 Å². The van der Waals surface area contributed by atoms with Gasteiger partial charge in [0.25, 0.3) is 0 Å². The van der Waals surface area contributed by atoms with Gasteiger partial charge in [-0.3, -0.25) is 0 Å². The van der Waals surface area contributed by atoms with Crippen LogP contribution >= 0.6 is 0 Å². The van der Waals surface area contributed by atoms with Crippen molar-refractivity contribution in [2.75, 3.05) is 20.2 Å². The first-order valence-electron chi connectivity index (χ1n) is 6.28. The minimum absolute atomic E-state index is 0.672. The van der Waals surface area contributed by atoms with Crippen molar-refractivity contribution in [3.8, 4) is 0 Å². The highest BCUT2D eigenvalue weighted by Gasteiger charge is 2.00. The van der Waals surface area contributed by atoms with E-state index >= 15 is 0 Å². The number of ether oxygens (including phenoxy) is 1.